The molecule has 15 heavy (non-hydrogen) atoms. The number of hydrogen-bond acceptors (Lipinski definition) is 3. The van der Waals surface area contributed by atoms with Gasteiger partial charge in [0.15, 0.2) is 11.5 Å². The lowest BCUT2D eigenvalue weighted by atomic mass is 9.99. The van der Waals surface area contributed by atoms with Crippen LogP contribution in [0.4, 0.5) is 0 Å². The Kier molecular flexibility index (Phi) is 2.49. The van der Waals surface area contributed by atoms with Crippen molar-refractivity contribution in [2.24, 2.45) is 0 Å². The maximum absolute atomic E-state index is 11.5. The van der Waals surface area contributed by atoms with Gasteiger partial charge >= 0.3 is 0 Å². The second kappa shape index (κ2) is 3.81. The summed E-state index contributed by atoms with van der Waals surface area (Å²) < 4.78 is 10.5. The van der Waals surface area contributed by atoms with Gasteiger partial charge in [-0.3, -0.25) is 4.79 Å². The zero-order valence-electron chi connectivity index (χ0n) is 8.79. The molecule has 1 aromatic carbocycles. The minimum absolute atomic E-state index is 0.0443. The molecule has 2 rings (SSSR count). The van der Waals surface area contributed by atoms with Crippen LogP contribution in [-0.2, 0) is 6.42 Å². The molecule has 0 bridgehead atoms. The van der Waals surface area contributed by atoms with Crippen molar-refractivity contribution >= 4 is 5.91 Å². The lowest BCUT2D eigenvalue weighted by Gasteiger charge is -2.20. The topological polar surface area (TPSA) is 47.6 Å². The fraction of sp³-hybridized carbons (Fsp3) is 0.364. The van der Waals surface area contributed by atoms with Gasteiger partial charge in [-0.25, -0.2) is 0 Å². The van der Waals surface area contributed by atoms with Crippen LogP contribution in [0.2, 0.25) is 0 Å². The first-order valence-corrected chi connectivity index (χ1v) is 4.80. The molecule has 4 nitrogen and oxygen atoms in total. The summed E-state index contributed by atoms with van der Waals surface area (Å²) in [4.78, 5) is 11.5. The molecule has 0 saturated heterocycles. The summed E-state index contributed by atoms with van der Waals surface area (Å²) in [5.74, 6) is 1.30. The molecule has 1 aromatic rings. The molecule has 0 spiro atoms. The Morgan fingerprint density at radius 3 is 2.73 bits per heavy atom. The second-order valence-corrected chi connectivity index (χ2v) is 3.33. The predicted octanol–water partition coefficient (Wildman–Crippen LogP) is 0.990. The quantitative estimate of drug-likeness (QED) is 0.786. The molecule has 0 unspecified atom stereocenters. The number of ether oxygens (including phenoxy) is 2. The Morgan fingerprint density at radius 1 is 1.27 bits per heavy atom. The molecule has 1 heterocycles. The summed E-state index contributed by atoms with van der Waals surface area (Å²) >= 11 is 0. The van der Waals surface area contributed by atoms with E-state index >= 15 is 0 Å². The van der Waals surface area contributed by atoms with Crippen molar-refractivity contribution in [1.82, 2.24) is 5.32 Å². The van der Waals surface area contributed by atoms with E-state index in [0.29, 0.717) is 23.6 Å². The van der Waals surface area contributed by atoms with Gasteiger partial charge in [0, 0.05) is 17.7 Å². The van der Waals surface area contributed by atoms with E-state index in [2.05, 4.69) is 5.32 Å². The van der Waals surface area contributed by atoms with Crippen molar-refractivity contribution < 1.29 is 14.3 Å². The van der Waals surface area contributed by atoms with Crippen LogP contribution in [0, 0.1) is 0 Å². The van der Waals surface area contributed by atoms with Crippen LogP contribution in [0.25, 0.3) is 0 Å². The maximum atomic E-state index is 11.5. The number of fused-ring (bicyclic) bond motifs is 1. The Bertz CT molecular complexity index is 401. The lowest BCUT2D eigenvalue weighted by molar-refractivity contribution is 0.0945. The van der Waals surface area contributed by atoms with Crippen LogP contribution in [0.5, 0.6) is 11.5 Å². The normalized spacial score (nSPS) is 14.1. The largest absolute Gasteiger partial charge is 0.493 e. The Balaban J connectivity index is 2.58. The molecule has 4 heteroatoms. The Hall–Kier alpha value is -1.71. The molecule has 1 N–H and O–H groups in total. The molecule has 0 radical (unpaired) electrons. The zero-order chi connectivity index (χ0) is 10.8. The molecule has 0 fully saturated rings. The van der Waals surface area contributed by atoms with E-state index in [1.165, 1.54) is 0 Å². The molecule has 1 aliphatic heterocycles. The number of rotatable bonds is 2. The first-order valence-electron chi connectivity index (χ1n) is 4.80. The summed E-state index contributed by atoms with van der Waals surface area (Å²) in [7, 11) is 3.18. The number of nitrogens with one attached hydrogen (secondary N) is 1. The fourth-order valence-corrected chi connectivity index (χ4v) is 1.85. The Labute approximate surface area is 88.2 Å². The molecule has 80 valence electrons. The number of hydrogen-bond donors (Lipinski definition) is 1. The second-order valence-electron chi connectivity index (χ2n) is 3.33. The summed E-state index contributed by atoms with van der Waals surface area (Å²) in [6, 6.07) is 3.52. The molecular formula is C11H13NO3. The first kappa shape index (κ1) is 9.83. The molecule has 0 saturated carbocycles. The van der Waals surface area contributed by atoms with Crippen molar-refractivity contribution in [3.05, 3.63) is 23.3 Å². The number of carbonyl (C=O) groups excluding carboxylic acids is 1. The van der Waals surface area contributed by atoms with Gasteiger partial charge in [-0.05, 0) is 18.6 Å². The summed E-state index contributed by atoms with van der Waals surface area (Å²) in [6.45, 7) is 0.648. The third kappa shape index (κ3) is 1.52. The number of benzene rings is 1. The van der Waals surface area contributed by atoms with E-state index in [1.807, 2.05) is 0 Å². The molecule has 1 aliphatic rings. The molecule has 0 aliphatic carbocycles. The van der Waals surface area contributed by atoms with Crippen molar-refractivity contribution in [1.29, 1.82) is 0 Å². The number of amides is 1. The average Bonchev–Trinajstić information content (AvgIpc) is 2.28. The van der Waals surface area contributed by atoms with Crippen LogP contribution >= 0.6 is 0 Å². The minimum Gasteiger partial charge on any atom is -0.493 e. The van der Waals surface area contributed by atoms with Crippen molar-refractivity contribution in [2.75, 3.05) is 20.8 Å². The van der Waals surface area contributed by atoms with E-state index in [0.717, 1.165) is 12.0 Å². The van der Waals surface area contributed by atoms with Crippen LogP contribution in [-0.4, -0.2) is 26.7 Å². The summed E-state index contributed by atoms with van der Waals surface area (Å²) in [6.07, 6.45) is 0.779. The van der Waals surface area contributed by atoms with Gasteiger partial charge in [0.2, 0.25) is 0 Å². The smallest absolute Gasteiger partial charge is 0.251 e. The fourth-order valence-electron chi connectivity index (χ4n) is 1.85. The maximum Gasteiger partial charge on any atom is 0.251 e. The van der Waals surface area contributed by atoms with E-state index in [-0.39, 0.29) is 5.91 Å². The average molecular weight is 207 g/mol. The minimum atomic E-state index is -0.0443. The standard InChI is InChI=1S/C11H13NO3/c1-14-9-4-3-8-7(10(9)15-2)5-6-12-11(8)13/h3-4H,5-6H2,1-2H3,(H,12,13). The number of carbonyl (C=O) groups is 1. The molecule has 0 atom stereocenters. The van der Waals surface area contributed by atoms with Crippen molar-refractivity contribution in [2.45, 2.75) is 6.42 Å². The highest BCUT2D eigenvalue weighted by Gasteiger charge is 2.22. The SMILES string of the molecule is COc1ccc2c(c1OC)CCNC2=O. The molecular weight excluding hydrogens is 194 g/mol. The van der Waals surface area contributed by atoms with Gasteiger partial charge in [0.1, 0.15) is 0 Å². The zero-order valence-corrected chi connectivity index (χ0v) is 8.79. The predicted molar refractivity (Wildman–Crippen MR) is 55.6 cm³/mol. The van der Waals surface area contributed by atoms with Gasteiger partial charge in [-0.15, -0.1) is 0 Å². The van der Waals surface area contributed by atoms with Gasteiger partial charge in [-0.2, -0.15) is 0 Å². The van der Waals surface area contributed by atoms with Crippen LogP contribution < -0.4 is 14.8 Å². The van der Waals surface area contributed by atoms with E-state index in [9.17, 15) is 4.79 Å². The van der Waals surface area contributed by atoms with E-state index < -0.39 is 0 Å². The monoisotopic (exact) mass is 207 g/mol. The van der Waals surface area contributed by atoms with Gasteiger partial charge < -0.3 is 14.8 Å². The Morgan fingerprint density at radius 2 is 2.07 bits per heavy atom. The lowest BCUT2D eigenvalue weighted by Crippen LogP contribution is -2.32. The van der Waals surface area contributed by atoms with Crippen molar-refractivity contribution in [3.8, 4) is 11.5 Å². The van der Waals surface area contributed by atoms with Crippen molar-refractivity contribution in [3.63, 3.8) is 0 Å². The van der Waals surface area contributed by atoms with Gasteiger partial charge in [0.05, 0.1) is 14.2 Å². The third-order valence-electron chi connectivity index (χ3n) is 2.55. The number of methoxy groups -OCH3 is 2. The summed E-state index contributed by atoms with van der Waals surface area (Å²) in [5, 5.41) is 2.79. The molecule has 0 aromatic heterocycles. The van der Waals surface area contributed by atoms with Crippen LogP contribution in [0.1, 0.15) is 15.9 Å². The highest BCUT2D eigenvalue weighted by Crippen LogP contribution is 2.34. The first-order chi connectivity index (χ1) is 7.27. The summed E-state index contributed by atoms with van der Waals surface area (Å²) in [5.41, 5.74) is 1.61. The van der Waals surface area contributed by atoms with E-state index in [1.54, 1.807) is 26.4 Å². The van der Waals surface area contributed by atoms with Gasteiger partial charge in [0.25, 0.3) is 5.91 Å². The van der Waals surface area contributed by atoms with Gasteiger partial charge in [-0.1, -0.05) is 0 Å². The van der Waals surface area contributed by atoms with Crippen LogP contribution in [0.3, 0.4) is 0 Å². The highest BCUT2D eigenvalue weighted by atomic mass is 16.5. The highest BCUT2D eigenvalue weighted by molar-refractivity contribution is 5.97. The third-order valence-corrected chi connectivity index (χ3v) is 2.55. The van der Waals surface area contributed by atoms with E-state index in [4.69, 9.17) is 9.47 Å². The molecule has 1 amide bonds. The van der Waals surface area contributed by atoms with Crippen LogP contribution in [0.15, 0.2) is 12.1 Å².